The van der Waals surface area contributed by atoms with Gasteiger partial charge in [0.25, 0.3) is 0 Å². The second-order valence-electron chi connectivity index (χ2n) is 5.35. The number of rotatable bonds is 8. The summed E-state index contributed by atoms with van der Waals surface area (Å²) in [6, 6.07) is 8.19. The van der Waals surface area contributed by atoms with Crippen molar-refractivity contribution in [2.75, 3.05) is 33.8 Å². The zero-order chi connectivity index (χ0) is 14.3. The minimum absolute atomic E-state index is 0.310. The van der Waals surface area contributed by atoms with Crippen molar-refractivity contribution >= 4 is 0 Å². The molecule has 0 aliphatic heterocycles. The van der Waals surface area contributed by atoms with Gasteiger partial charge in [-0.2, -0.15) is 0 Å². The van der Waals surface area contributed by atoms with Gasteiger partial charge < -0.3 is 20.1 Å². The summed E-state index contributed by atoms with van der Waals surface area (Å²) in [7, 11) is 4.07. The van der Waals surface area contributed by atoms with E-state index in [0.29, 0.717) is 19.2 Å². The summed E-state index contributed by atoms with van der Waals surface area (Å²) in [6.45, 7) is 5.94. The monoisotopic (exact) mass is 266 g/mol. The Morgan fingerprint density at radius 1 is 1.26 bits per heavy atom. The van der Waals surface area contributed by atoms with Crippen LogP contribution in [-0.2, 0) is 0 Å². The number of benzene rings is 1. The van der Waals surface area contributed by atoms with Crippen molar-refractivity contribution < 1.29 is 9.84 Å². The average molecular weight is 266 g/mol. The second kappa shape index (κ2) is 8.15. The fourth-order valence-corrected chi connectivity index (χ4v) is 1.84. The van der Waals surface area contributed by atoms with Crippen molar-refractivity contribution in [3.05, 3.63) is 29.8 Å². The summed E-state index contributed by atoms with van der Waals surface area (Å²) in [5, 5.41) is 13.1. The maximum absolute atomic E-state index is 9.85. The van der Waals surface area contributed by atoms with Crippen LogP contribution in [0, 0.1) is 6.92 Å². The van der Waals surface area contributed by atoms with E-state index in [1.54, 1.807) is 0 Å². The van der Waals surface area contributed by atoms with Gasteiger partial charge in [-0.25, -0.2) is 0 Å². The third-order valence-corrected chi connectivity index (χ3v) is 2.80. The van der Waals surface area contributed by atoms with E-state index in [-0.39, 0.29) is 0 Å². The van der Waals surface area contributed by atoms with E-state index in [1.807, 2.05) is 45.3 Å². The SMILES string of the molecule is Cc1ccc(OCC(O)CNC(C)CN(C)C)cc1. The molecule has 0 amide bonds. The number of aliphatic hydroxyl groups excluding tert-OH is 1. The Hall–Kier alpha value is -1.10. The van der Waals surface area contributed by atoms with E-state index >= 15 is 0 Å². The van der Waals surface area contributed by atoms with Gasteiger partial charge in [0, 0.05) is 19.1 Å². The van der Waals surface area contributed by atoms with Crippen LogP contribution < -0.4 is 10.1 Å². The lowest BCUT2D eigenvalue weighted by molar-refractivity contribution is 0.103. The Morgan fingerprint density at radius 2 is 1.89 bits per heavy atom. The van der Waals surface area contributed by atoms with Crippen molar-refractivity contribution in [2.24, 2.45) is 0 Å². The summed E-state index contributed by atoms with van der Waals surface area (Å²) in [6.07, 6.45) is -0.495. The molecule has 0 bridgehead atoms. The van der Waals surface area contributed by atoms with Crippen molar-refractivity contribution in [3.8, 4) is 5.75 Å². The molecule has 4 nitrogen and oxygen atoms in total. The van der Waals surface area contributed by atoms with Crippen molar-refractivity contribution in [2.45, 2.75) is 26.0 Å². The second-order valence-corrected chi connectivity index (χ2v) is 5.35. The predicted octanol–water partition coefficient (Wildman–Crippen LogP) is 1.27. The molecule has 2 N–H and O–H groups in total. The fourth-order valence-electron chi connectivity index (χ4n) is 1.84. The first-order valence-electron chi connectivity index (χ1n) is 6.73. The molecular weight excluding hydrogens is 240 g/mol. The Labute approximate surface area is 116 Å². The molecule has 2 unspecified atom stereocenters. The smallest absolute Gasteiger partial charge is 0.119 e. The molecule has 0 saturated carbocycles. The Bertz CT molecular complexity index is 352. The van der Waals surface area contributed by atoms with Crippen LogP contribution >= 0.6 is 0 Å². The maximum atomic E-state index is 9.85. The van der Waals surface area contributed by atoms with Gasteiger partial charge >= 0.3 is 0 Å². The molecule has 0 aliphatic carbocycles. The van der Waals surface area contributed by atoms with Crippen LogP contribution in [0.15, 0.2) is 24.3 Å². The summed E-state index contributed by atoms with van der Waals surface area (Å²) >= 11 is 0. The Morgan fingerprint density at radius 3 is 2.47 bits per heavy atom. The van der Waals surface area contributed by atoms with Crippen molar-refractivity contribution in [1.29, 1.82) is 0 Å². The fraction of sp³-hybridized carbons (Fsp3) is 0.600. The van der Waals surface area contributed by atoms with Crippen molar-refractivity contribution in [1.82, 2.24) is 10.2 Å². The lowest BCUT2D eigenvalue weighted by atomic mass is 10.2. The first-order chi connectivity index (χ1) is 8.97. The van der Waals surface area contributed by atoms with Gasteiger partial charge in [0.05, 0.1) is 0 Å². The largest absolute Gasteiger partial charge is 0.491 e. The molecule has 0 heterocycles. The van der Waals surface area contributed by atoms with Gasteiger partial charge in [0.1, 0.15) is 18.5 Å². The molecule has 1 aromatic carbocycles. The van der Waals surface area contributed by atoms with Gasteiger partial charge in [0.15, 0.2) is 0 Å². The van der Waals surface area contributed by atoms with Crippen LogP contribution in [0.3, 0.4) is 0 Å². The minimum Gasteiger partial charge on any atom is -0.491 e. The number of hydrogen-bond donors (Lipinski definition) is 2. The minimum atomic E-state index is -0.495. The standard InChI is InChI=1S/C15H26N2O2/c1-12-5-7-15(8-6-12)19-11-14(18)9-16-13(2)10-17(3)4/h5-8,13-14,16,18H,9-11H2,1-4H3. The normalized spacial score (nSPS) is 14.4. The van der Waals surface area contributed by atoms with Crippen LogP contribution in [0.2, 0.25) is 0 Å². The van der Waals surface area contributed by atoms with Gasteiger partial charge in [0.2, 0.25) is 0 Å². The molecule has 108 valence electrons. The van der Waals surface area contributed by atoms with Crippen LogP contribution in [-0.4, -0.2) is 55.9 Å². The number of likely N-dealkylation sites (N-methyl/N-ethyl adjacent to an activating group) is 1. The van der Waals surface area contributed by atoms with Crippen molar-refractivity contribution in [3.63, 3.8) is 0 Å². The molecule has 0 saturated heterocycles. The third kappa shape index (κ3) is 7.15. The number of aryl methyl sites for hydroxylation is 1. The molecular formula is C15H26N2O2. The number of hydrogen-bond acceptors (Lipinski definition) is 4. The van der Waals surface area contributed by atoms with Crippen LogP contribution in [0.25, 0.3) is 0 Å². The van der Waals surface area contributed by atoms with Crippen LogP contribution in [0.5, 0.6) is 5.75 Å². The van der Waals surface area contributed by atoms with E-state index in [2.05, 4.69) is 17.1 Å². The quantitative estimate of drug-likeness (QED) is 0.744. The van der Waals surface area contributed by atoms with Gasteiger partial charge in [-0.15, -0.1) is 0 Å². The first kappa shape index (κ1) is 16.0. The Kier molecular flexibility index (Phi) is 6.84. The summed E-state index contributed by atoms with van der Waals surface area (Å²) in [5.74, 6) is 0.797. The number of nitrogens with zero attached hydrogens (tertiary/aromatic N) is 1. The molecule has 4 heteroatoms. The van der Waals surface area contributed by atoms with E-state index < -0.39 is 6.10 Å². The molecule has 2 atom stereocenters. The zero-order valence-electron chi connectivity index (χ0n) is 12.4. The van der Waals surface area contributed by atoms with Gasteiger partial charge in [-0.1, -0.05) is 17.7 Å². The number of nitrogens with one attached hydrogen (secondary N) is 1. The van der Waals surface area contributed by atoms with E-state index in [1.165, 1.54) is 5.56 Å². The lowest BCUT2D eigenvalue weighted by Gasteiger charge is -2.20. The lowest BCUT2D eigenvalue weighted by Crippen LogP contribution is -2.41. The molecule has 1 rings (SSSR count). The molecule has 0 aliphatic rings. The number of ether oxygens (including phenoxy) is 1. The predicted molar refractivity (Wildman–Crippen MR) is 78.7 cm³/mol. The highest BCUT2D eigenvalue weighted by Gasteiger charge is 2.08. The van der Waals surface area contributed by atoms with Gasteiger partial charge in [-0.05, 0) is 40.1 Å². The van der Waals surface area contributed by atoms with Crippen LogP contribution in [0.1, 0.15) is 12.5 Å². The van der Waals surface area contributed by atoms with E-state index in [4.69, 9.17) is 4.74 Å². The molecule has 19 heavy (non-hydrogen) atoms. The third-order valence-electron chi connectivity index (χ3n) is 2.80. The summed E-state index contributed by atoms with van der Waals surface area (Å²) in [4.78, 5) is 2.12. The van der Waals surface area contributed by atoms with Gasteiger partial charge in [-0.3, -0.25) is 0 Å². The Balaban J connectivity index is 2.20. The molecule has 1 aromatic rings. The average Bonchev–Trinajstić information content (AvgIpc) is 2.35. The molecule has 0 spiro atoms. The summed E-state index contributed by atoms with van der Waals surface area (Å²) < 4.78 is 5.54. The first-order valence-corrected chi connectivity index (χ1v) is 6.73. The van der Waals surface area contributed by atoms with Crippen LogP contribution in [0.4, 0.5) is 0 Å². The van der Waals surface area contributed by atoms with E-state index in [0.717, 1.165) is 12.3 Å². The molecule has 0 fully saturated rings. The topological polar surface area (TPSA) is 44.7 Å². The summed E-state index contributed by atoms with van der Waals surface area (Å²) in [5.41, 5.74) is 1.20. The molecule has 0 aromatic heterocycles. The zero-order valence-corrected chi connectivity index (χ0v) is 12.4. The highest BCUT2D eigenvalue weighted by Crippen LogP contribution is 2.11. The highest BCUT2D eigenvalue weighted by atomic mass is 16.5. The van der Waals surface area contributed by atoms with E-state index in [9.17, 15) is 5.11 Å². The number of aliphatic hydroxyl groups is 1. The highest BCUT2D eigenvalue weighted by molar-refractivity contribution is 5.26. The maximum Gasteiger partial charge on any atom is 0.119 e. The molecule has 0 radical (unpaired) electrons.